The van der Waals surface area contributed by atoms with Gasteiger partial charge in [-0.2, -0.15) is 0 Å². The number of aliphatic carboxylic acids is 1. The highest BCUT2D eigenvalue weighted by Gasteiger charge is 2.06. The molecule has 2 N–H and O–H groups in total. The molecule has 0 saturated heterocycles. The van der Waals surface area contributed by atoms with Gasteiger partial charge in [0, 0.05) is 6.42 Å². The second-order valence-corrected chi connectivity index (χ2v) is 4.98. The summed E-state index contributed by atoms with van der Waals surface area (Å²) in [6, 6.07) is 5.66. The molecule has 0 bridgehead atoms. The molecule has 1 aromatic heterocycles. The van der Waals surface area contributed by atoms with E-state index < -0.39 is 5.97 Å². The number of ether oxygens (including phenoxy) is 1. The fourth-order valence-corrected chi connectivity index (χ4v) is 1.87. The van der Waals surface area contributed by atoms with Gasteiger partial charge in [-0.3, -0.25) is 9.59 Å². The van der Waals surface area contributed by atoms with E-state index in [0.717, 1.165) is 0 Å². The molecule has 9 heteroatoms. The highest BCUT2D eigenvalue weighted by Crippen LogP contribution is 2.11. The number of carbonyl (C=O) groups is 2. The number of halogens is 1. The van der Waals surface area contributed by atoms with Crippen LogP contribution in [0, 0.1) is 5.82 Å². The van der Waals surface area contributed by atoms with E-state index in [9.17, 15) is 14.0 Å². The first-order valence-corrected chi connectivity index (χ1v) is 7.29. The summed E-state index contributed by atoms with van der Waals surface area (Å²) < 4.78 is 19.3. The highest BCUT2D eigenvalue weighted by molar-refractivity contribution is 5.75. The van der Waals surface area contributed by atoms with Gasteiger partial charge in [0.15, 0.2) is 0 Å². The van der Waals surface area contributed by atoms with Crippen molar-refractivity contribution < 1.29 is 23.8 Å². The van der Waals surface area contributed by atoms with Crippen LogP contribution in [-0.4, -0.2) is 38.6 Å². The Labute approximate surface area is 137 Å². The van der Waals surface area contributed by atoms with Crippen molar-refractivity contribution in [3.8, 4) is 5.75 Å². The van der Waals surface area contributed by atoms with Gasteiger partial charge in [0.25, 0.3) is 0 Å². The SMILES string of the molecule is O=C(O)Cn1cc(CNC(=O)CCCOc2ccc(F)cc2)nn1. The maximum absolute atomic E-state index is 12.7. The lowest BCUT2D eigenvalue weighted by Gasteiger charge is -2.06. The summed E-state index contributed by atoms with van der Waals surface area (Å²) in [6.45, 7) is 0.243. The molecule has 0 saturated carbocycles. The van der Waals surface area contributed by atoms with Crippen molar-refractivity contribution in [2.45, 2.75) is 25.9 Å². The van der Waals surface area contributed by atoms with Crippen LogP contribution >= 0.6 is 0 Å². The first kappa shape index (κ1) is 17.4. The summed E-state index contributed by atoms with van der Waals surface area (Å²) in [7, 11) is 0. The summed E-state index contributed by atoms with van der Waals surface area (Å²) in [5.74, 6) is -0.976. The van der Waals surface area contributed by atoms with Crippen molar-refractivity contribution in [3.63, 3.8) is 0 Å². The molecule has 0 spiro atoms. The Bertz CT molecular complexity index is 687. The summed E-state index contributed by atoms with van der Waals surface area (Å²) in [5.41, 5.74) is 0.479. The van der Waals surface area contributed by atoms with Crippen molar-refractivity contribution in [2.75, 3.05) is 6.61 Å². The monoisotopic (exact) mass is 336 g/mol. The van der Waals surface area contributed by atoms with Gasteiger partial charge in [-0.25, -0.2) is 9.07 Å². The molecule has 2 aromatic rings. The summed E-state index contributed by atoms with van der Waals surface area (Å²) in [6.07, 6.45) is 2.24. The lowest BCUT2D eigenvalue weighted by Crippen LogP contribution is -2.23. The topological polar surface area (TPSA) is 106 Å². The second kappa shape index (κ2) is 8.61. The number of amides is 1. The van der Waals surface area contributed by atoms with Gasteiger partial charge in [0.05, 0.1) is 19.3 Å². The van der Waals surface area contributed by atoms with E-state index in [1.165, 1.54) is 35.1 Å². The fourth-order valence-electron chi connectivity index (χ4n) is 1.87. The van der Waals surface area contributed by atoms with Crippen molar-refractivity contribution in [1.82, 2.24) is 20.3 Å². The molecule has 2 rings (SSSR count). The van der Waals surface area contributed by atoms with E-state index in [-0.39, 0.29) is 31.2 Å². The quantitative estimate of drug-likeness (QED) is 0.661. The zero-order valence-corrected chi connectivity index (χ0v) is 12.8. The minimum atomic E-state index is -1.02. The van der Waals surface area contributed by atoms with Crippen LogP contribution < -0.4 is 10.1 Å². The van der Waals surface area contributed by atoms with Crippen LogP contribution in [0.2, 0.25) is 0 Å². The average Bonchev–Trinajstić information content (AvgIpc) is 2.98. The third kappa shape index (κ3) is 6.03. The number of hydrogen-bond donors (Lipinski definition) is 2. The molecule has 24 heavy (non-hydrogen) atoms. The predicted molar refractivity (Wildman–Crippen MR) is 80.6 cm³/mol. The Morgan fingerprint density at radius 2 is 2.04 bits per heavy atom. The van der Waals surface area contributed by atoms with Gasteiger partial charge in [-0.05, 0) is 30.7 Å². The van der Waals surface area contributed by atoms with E-state index in [1.807, 2.05) is 0 Å². The Kier molecular flexibility index (Phi) is 6.23. The number of carboxylic acid groups (broad SMARTS) is 1. The largest absolute Gasteiger partial charge is 0.494 e. The first-order chi connectivity index (χ1) is 11.5. The fraction of sp³-hybridized carbons (Fsp3) is 0.333. The minimum Gasteiger partial charge on any atom is -0.494 e. The minimum absolute atomic E-state index is 0.175. The Hall–Kier alpha value is -2.97. The Morgan fingerprint density at radius 1 is 1.29 bits per heavy atom. The maximum atomic E-state index is 12.7. The predicted octanol–water partition coefficient (Wildman–Crippen LogP) is 0.977. The van der Waals surface area contributed by atoms with Gasteiger partial charge >= 0.3 is 5.97 Å². The molecular weight excluding hydrogens is 319 g/mol. The molecule has 0 radical (unpaired) electrons. The molecule has 1 amide bonds. The normalized spacial score (nSPS) is 10.4. The average molecular weight is 336 g/mol. The summed E-state index contributed by atoms with van der Waals surface area (Å²) in [4.78, 5) is 22.2. The van der Waals surface area contributed by atoms with Crippen molar-refractivity contribution in [1.29, 1.82) is 0 Å². The van der Waals surface area contributed by atoms with Crippen LogP contribution in [0.5, 0.6) is 5.75 Å². The Balaban J connectivity index is 1.62. The number of hydrogen-bond acceptors (Lipinski definition) is 5. The molecule has 0 atom stereocenters. The van der Waals surface area contributed by atoms with Crippen LogP contribution in [0.1, 0.15) is 18.5 Å². The third-order valence-corrected chi connectivity index (χ3v) is 2.98. The van der Waals surface area contributed by atoms with Gasteiger partial charge in [-0.15, -0.1) is 5.10 Å². The molecule has 0 unspecified atom stereocenters. The molecule has 8 nitrogen and oxygen atoms in total. The lowest BCUT2D eigenvalue weighted by atomic mass is 10.3. The second-order valence-electron chi connectivity index (χ2n) is 4.98. The maximum Gasteiger partial charge on any atom is 0.325 e. The van der Waals surface area contributed by atoms with Crippen molar-refractivity contribution >= 4 is 11.9 Å². The van der Waals surface area contributed by atoms with E-state index in [4.69, 9.17) is 9.84 Å². The number of nitrogens with zero attached hydrogens (tertiary/aromatic N) is 3. The van der Waals surface area contributed by atoms with Crippen LogP contribution in [0.25, 0.3) is 0 Å². The number of rotatable bonds is 9. The molecule has 0 aliphatic carbocycles. The molecule has 0 aliphatic heterocycles. The van der Waals surface area contributed by atoms with Crippen LogP contribution in [-0.2, 0) is 22.7 Å². The summed E-state index contributed by atoms with van der Waals surface area (Å²) >= 11 is 0. The molecular formula is C15H17FN4O4. The van der Waals surface area contributed by atoms with Gasteiger partial charge < -0.3 is 15.2 Å². The number of aromatic nitrogens is 3. The van der Waals surface area contributed by atoms with Crippen molar-refractivity contribution in [3.05, 3.63) is 42.0 Å². The number of carbonyl (C=O) groups excluding carboxylic acids is 1. The standard InChI is InChI=1S/C15H17FN4O4/c16-11-3-5-13(6-4-11)24-7-1-2-14(21)17-8-12-9-20(19-18-12)10-15(22)23/h3-6,9H,1-2,7-8,10H2,(H,17,21)(H,22,23). The number of benzene rings is 1. The van der Waals surface area contributed by atoms with Crippen LogP contribution in [0.15, 0.2) is 30.5 Å². The van der Waals surface area contributed by atoms with E-state index in [1.54, 1.807) is 0 Å². The zero-order chi connectivity index (χ0) is 17.4. The van der Waals surface area contributed by atoms with Gasteiger partial charge in [0.2, 0.25) is 5.91 Å². The molecule has 128 valence electrons. The number of carboxylic acids is 1. The van der Waals surface area contributed by atoms with E-state index >= 15 is 0 Å². The molecule has 1 aromatic carbocycles. The lowest BCUT2D eigenvalue weighted by molar-refractivity contribution is -0.138. The third-order valence-electron chi connectivity index (χ3n) is 2.98. The van der Waals surface area contributed by atoms with Crippen LogP contribution in [0.3, 0.4) is 0 Å². The van der Waals surface area contributed by atoms with E-state index in [2.05, 4.69) is 15.6 Å². The van der Waals surface area contributed by atoms with Gasteiger partial charge in [-0.1, -0.05) is 5.21 Å². The molecule has 0 aliphatic rings. The first-order valence-electron chi connectivity index (χ1n) is 7.29. The smallest absolute Gasteiger partial charge is 0.325 e. The van der Waals surface area contributed by atoms with Gasteiger partial charge in [0.1, 0.15) is 23.8 Å². The van der Waals surface area contributed by atoms with Crippen molar-refractivity contribution in [2.24, 2.45) is 0 Å². The molecule has 1 heterocycles. The highest BCUT2D eigenvalue weighted by atomic mass is 19.1. The summed E-state index contributed by atoms with van der Waals surface area (Å²) in [5, 5.41) is 18.7. The number of nitrogens with one attached hydrogen (secondary N) is 1. The Morgan fingerprint density at radius 3 is 2.75 bits per heavy atom. The van der Waals surface area contributed by atoms with E-state index in [0.29, 0.717) is 24.5 Å². The zero-order valence-electron chi connectivity index (χ0n) is 12.8. The van der Waals surface area contributed by atoms with Crippen LogP contribution in [0.4, 0.5) is 4.39 Å². The molecule has 0 fully saturated rings.